The van der Waals surface area contributed by atoms with Crippen LogP contribution in [0.25, 0.3) is 0 Å². The molecule has 0 bridgehead atoms. The van der Waals surface area contributed by atoms with Crippen LogP contribution in [-0.2, 0) is 4.74 Å². The Hall–Kier alpha value is -3.33. The van der Waals surface area contributed by atoms with Crippen molar-refractivity contribution in [3.63, 3.8) is 0 Å². The number of morpholine rings is 1. The fourth-order valence-electron chi connectivity index (χ4n) is 4.08. The number of nitrogens with zero attached hydrogens (tertiary/aromatic N) is 4. The fraction of sp³-hybridized carbons (Fsp3) is 0.409. The zero-order valence-electron chi connectivity index (χ0n) is 17.5. The van der Waals surface area contributed by atoms with Crippen molar-refractivity contribution in [3.8, 4) is 5.75 Å². The monoisotopic (exact) mass is 426 g/mol. The summed E-state index contributed by atoms with van der Waals surface area (Å²) in [6, 6.07) is 12.5. The molecule has 31 heavy (non-hydrogen) atoms. The van der Waals surface area contributed by atoms with E-state index in [1.165, 1.54) is 0 Å². The molecular weight excluding hydrogens is 400 g/mol. The SMILES string of the molecule is COc1ccccc1C(=O)N1CCN(c2ccc([N+](=O)[O-])c(N3CCOCC3)c2)CC1. The Morgan fingerprint density at radius 2 is 1.71 bits per heavy atom. The highest BCUT2D eigenvalue weighted by atomic mass is 16.6. The molecule has 0 unspecified atom stereocenters. The minimum atomic E-state index is -0.335. The number of carbonyl (C=O) groups is 1. The van der Waals surface area contributed by atoms with Crippen LogP contribution >= 0.6 is 0 Å². The maximum Gasteiger partial charge on any atom is 0.292 e. The lowest BCUT2D eigenvalue weighted by Gasteiger charge is -2.37. The molecule has 1 amide bonds. The Labute approximate surface area is 180 Å². The molecule has 164 valence electrons. The normalized spacial score (nSPS) is 16.9. The molecule has 2 saturated heterocycles. The van der Waals surface area contributed by atoms with Crippen molar-refractivity contribution in [2.45, 2.75) is 0 Å². The molecule has 0 spiro atoms. The van der Waals surface area contributed by atoms with E-state index in [0.717, 1.165) is 5.69 Å². The van der Waals surface area contributed by atoms with Crippen LogP contribution in [0, 0.1) is 10.1 Å². The summed E-state index contributed by atoms with van der Waals surface area (Å²) < 4.78 is 10.7. The molecule has 2 aromatic carbocycles. The van der Waals surface area contributed by atoms with E-state index in [0.29, 0.717) is 69.5 Å². The van der Waals surface area contributed by atoms with Gasteiger partial charge in [-0.15, -0.1) is 0 Å². The third-order valence-electron chi connectivity index (χ3n) is 5.78. The molecule has 2 aliphatic rings. The molecule has 0 aromatic heterocycles. The fourth-order valence-corrected chi connectivity index (χ4v) is 4.08. The van der Waals surface area contributed by atoms with Crippen LogP contribution in [0.15, 0.2) is 42.5 Å². The van der Waals surface area contributed by atoms with Crippen molar-refractivity contribution >= 4 is 23.0 Å². The van der Waals surface area contributed by atoms with Gasteiger partial charge in [-0.3, -0.25) is 14.9 Å². The minimum absolute atomic E-state index is 0.0465. The maximum atomic E-state index is 12.9. The van der Waals surface area contributed by atoms with Gasteiger partial charge in [0.05, 0.1) is 30.8 Å². The minimum Gasteiger partial charge on any atom is -0.496 e. The summed E-state index contributed by atoms with van der Waals surface area (Å²) in [5, 5.41) is 11.5. The lowest BCUT2D eigenvalue weighted by molar-refractivity contribution is -0.384. The standard InChI is InChI=1S/C22H26N4O5/c1-30-21-5-3-2-4-18(21)22(27)25-10-8-23(9-11-25)17-6-7-19(26(28)29)20(16-17)24-12-14-31-15-13-24/h2-7,16H,8-15H2,1H3. The third kappa shape index (κ3) is 4.41. The van der Waals surface area contributed by atoms with Gasteiger partial charge in [-0.05, 0) is 24.3 Å². The number of piperazine rings is 1. The molecule has 0 radical (unpaired) electrons. The Balaban J connectivity index is 1.48. The topological polar surface area (TPSA) is 88.4 Å². The lowest BCUT2D eigenvalue weighted by Crippen LogP contribution is -2.49. The molecule has 2 fully saturated rings. The summed E-state index contributed by atoms with van der Waals surface area (Å²) in [6.07, 6.45) is 0. The second kappa shape index (κ2) is 9.22. The first kappa shape index (κ1) is 20.9. The number of methoxy groups -OCH3 is 1. The highest BCUT2D eigenvalue weighted by Crippen LogP contribution is 2.33. The Bertz CT molecular complexity index is 953. The van der Waals surface area contributed by atoms with Crippen molar-refractivity contribution in [1.82, 2.24) is 4.90 Å². The Morgan fingerprint density at radius 3 is 2.39 bits per heavy atom. The van der Waals surface area contributed by atoms with Gasteiger partial charge in [0.25, 0.3) is 11.6 Å². The molecule has 0 saturated carbocycles. The zero-order chi connectivity index (χ0) is 21.8. The number of hydrogen-bond donors (Lipinski definition) is 0. The largest absolute Gasteiger partial charge is 0.496 e. The number of hydrogen-bond acceptors (Lipinski definition) is 7. The van der Waals surface area contributed by atoms with Crippen LogP contribution in [-0.4, -0.2) is 75.3 Å². The van der Waals surface area contributed by atoms with Gasteiger partial charge < -0.3 is 24.2 Å². The van der Waals surface area contributed by atoms with Crippen molar-refractivity contribution in [1.29, 1.82) is 0 Å². The summed E-state index contributed by atoms with van der Waals surface area (Å²) in [5.41, 5.74) is 2.22. The third-order valence-corrected chi connectivity index (χ3v) is 5.78. The first-order valence-corrected chi connectivity index (χ1v) is 10.4. The van der Waals surface area contributed by atoms with E-state index in [9.17, 15) is 14.9 Å². The molecule has 9 heteroatoms. The summed E-state index contributed by atoms with van der Waals surface area (Å²) in [7, 11) is 1.56. The zero-order valence-corrected chi connectivity index (χ0v) is 17.5. The number of benzene rings is 2. The molecule has 4 rings (SSSR count). The van der Waals surface area contributed by atoms with E-state index < -0.39 is 0 Å². The first-order valence-electron chi connectivity index (χ1n) is 10.4. The molecule has 2 heterocycles. The molecule has 0 atom stereocenters. The van der Waals surface area contributed by atoms with Crippen LogP contribution in [0.4, 0.5) is 17.1 Å². The van der Waals surface area contributed by atoms with Crippen LogP contribution in [0.3, 0.4) is 0 Å². The molecule has 2 aromatic rings. The van der Waals surface area contributed by atoms with Gasteiger partial charge in [-0.25, -0.2) is 0 Å². The van der Waals surface area contributed by atoms with Crippen molar-refractivity contribution in [3.05, 3.63) is 58.1 Å². The predicted octanol–water partition coefficient (Wildman–Crippen LogP) is 2.40. The van der Waals surface area contributed by atoms with Crippen LogP contribution in [0.5, 0.6) is 5.75 Å². The molecule has 0 N–H and O–H groups in total. The smallest absolute Gasteiger partial charge is 0.292 e. The van der Waals surface area contributed by atoms with E-state index in [2.05, 4.69) is 4.90 Å². The van der Waals surface area contributed by atoms with E-state index >= 15 is 0 Å². The maximum absolute atomic E-state index is 12.9. The number of nitro benzene ring substituents is 1. The summed E-state index contributed by atoms with van der Waals surface area (Å²) in [4.78, 5) is 30.1. The van der Waals surface area contributed by atoms with Gasteiger partial charge in [0, 0.05) is 51.0 Å². The van der Waals surface area contributed by atoms with Crippen molar-refractivity contribution in [2.75, 3.05) is 69.4 Å². The van der Waals surface area contributed by atoms with Gasteiger partial charge >= 0.3 is 0 Å². The van der Waals surface area contributed by atoms with E-state index in [-0.39, 0.29) is 16.5 Å². The van der Waals surface area contributed by atoms with Crippen LogP contribution in [0.2, 0.25) is 0 Å². The van der Waals surface area contributed by atoms with Crippen LogP contribution < -0.4 is 14.5 Å². The highest BCUT2D eigenvalue weighted by Gasteiger charge is 2.27. The van der Waals surface area contributed by atoms with Gasteiger partial charge in [0.1, 0.15) is 11.4 Å². The van der Waals surface area contributed by atoms with Gasteiger partial charge in [-0.2, -0.15) is 0 Å². The number of carbonyl (C=O) groups excluding carboxylic acids is 1. The van der Waals surface area contributed by atoms with Gasteiger partial charge in [-0.1, -0.05) is 12.1 Å². The Morgan fingerprint density at radius 1 is 1.00 bits per heavy atom. The van der Waals surface area contributed by atoms with Gasteiger partial charge in [0.15, 0.2) is 0 Å². The average molecular weight is 426 g/mol. The molecule has 2 aliphatic heterocycles. The lowest BCUT2D eigenvalue weighted by atomic mass is 10.1. The predicted molar refractivity (Wildman–Crippen MR) is 117 cm³/mol. The Kier molecular flexibility index (Phi) is 6.22. The summed E-state index contributed by atoms with van der Waals surface area (Å²) >= 11 is 0. The first-order chi connectivity index (χ1) is 15.1. The van der Waals surface area contributed by atoms with Crippen LogP contribution in [0.1, 0.15) is 10.4 Å². The molecular formula is C22H26N4O5. The molecule has 9 nitrogen and oxygen atoms in total. The quantitative estimate of drug-likeness (QED) is 0.536. The van der Waals surface area contributed by atoms with E-state index in [1.807, 2.05) is 28.0 Å². The number of amides is 1. The van der Waals surface area contributed by atoms with E-state index in [4.69, 9.17) is 9.47 Å². The number of nitro groups is 1. The highest BCUT2D eigenvalue weighted by molar-refractivity contribution is 5.97. The number of anilines is 2. The van der Waals surface area contributed by atoms with Crippen molar-refractivity contribution < 1.29 is 19.2 Å². The molecule has 0 aliphatic carbocycles. The van der Waals surface area contributed by atoms with Gasteiger partial charge in [0.2, 0.25) is 0 Å². The van der Waals surface area contributed by atoms with Crippen molar-refractivity contribution in [2.24, 2.45) is 0 Å². The second-order valence-corrected chi connectivity index (χ2v) is 7.51. The average Bonchev–Trinajstić information content (AvgIpc) is 2.83. The van der Waals surface area contributed by atoms with E-state index in [1.54, 1.807) is 31.4 Å². The summed E-state index contributed by atoms with van der Waals surface area (Å²) in [6.45, 7) is 4.83. The number of ether oxygens (including phenoxy) is 2. The number of rotatable bonds is 5. The second-order valence-electron chi connectivity index (χ2n) is 7.51. The number of para-hydroxylation sites is 1. The summed E-state index contributed by atoms with van der Waals surface area (Å²) in [5.74, 6) is 0.523.